The van der Waals surface area contributed by atoms with Gasteiger partial charge in [0.1, 0.15) is 0 Å². The molecule has 84 valence electrons. The third kappa shape index (κ3) is 4.64. The van der Waals surface area contributed by atoms with E-state index in [4.69, 9.17) is 23.2 Å². The third-order valence-corrected chi connectivity index (χ3v) is 3.86. The van der Waals surface area contributed by atoms with Crippen LogP contribution in [0.4, 0.5) is 0 Å². The number of thioether (sulfide) groups is 1. The summed E-state index contributed by atoms with van der Waals surface area (Å²) < 4.78 is 0. The predicted molar refractivity (Wildman–Crippen MR) is 70.3 cm³/mol. The van der Waals surface area contributed by atoms with Crippen LogP contribution < -0.4 is 5.32 Å². The molecule has 0 aliphatic heterocycles. The molecule has 0 saturated carbocycles. The van der Waals surface area contributed by atoms with E-state index in [1.165, 1.54) is 0 Å². The lowest BCUT2D eigenvalue weighted by molar-refractivity contribution is 0.707. The fourth-order valence-corrected chi connectivity index (χ4v) is 2.73. The number of rotatable bonds is 6. The summed E-state index contributed by atoms with van der Waals surface area (Å²) in [4.78, 5) is 0.985. The zero-order valence-corrected chi connectivity index (χ0v) is 11.1. The van der Waals surface area contributed by atoms with Crippen molar-refractivity contribution in [3.05, 3.63) is 28.2 Å². The third-order valence-electron chi connectivity index (χ3n) is 1.87. The second-order valence-electron chi connectivity index (χ2n) is 3.15. The van der Waals surface area contributed by atoms with Crippen LogP contribution >= 0.6 is 35.0 Å². The fourth-order valence-electron chi connectivity index (χ4n) is 1.15. The molecule has 0 saturated heterocycles. The largest absolute Gasteiger partial charge is 0.316 e. The molecule has 0 aliphatic carbocycles. The summed E-state index contributed by atoms with van der Waals surface area (Å²) in [7, 11) is 0. The first-order valence-corrected chi connectivity index (χ1v) is 6.77. The molecule has 0 unspecified atom stereocenters. The van der Waals surface area contributed by atoms with Crippen LogP contribution in [0, 0.1) is 0 Å². The van der Waals surface area contributed by atoms with Gasteiger partial charge in [-0.3, -0.25) is 0 Å². The Morgan fingerprint density at radius 3 is 2.47 bits per heavy atom. The van der Waals surface area contributed by atoms with E-state index in [2.05, 4.69) is 12.2 Å². The minimum atomic E-state index is 0.739. The summed E-state index contributed by atoms with van der Waals surface area (Å²) in [6.45, 7) is 4.21. The van der Waals surface area contributed by atoms with Crippen LogP contribution in [-0.4, -0.2) is 18.8 Å². The van der Waals surface area contributed by atoms with Gasteiger partial charge < -0.3 is 5.32 Å². The van der Waals surface area contributed by atoms with Gasteiger partial charge in [-0.1, -0.05) is 36.2 Å². The van der Waals surface area contributed by atoms with Crippen molar-refractivity contribution in [2.24, 2.45) is 0 Å². The molecule has 0 fully saturated rings. The van der Waals surface area contributed by atoms with Crippen molar-refractivity contribution in [1.29, 1.82) is 0 Å². The van der Waals surface area contributed by atoms with E-state index in [1.54, 1.807) is 11.8 Å². The first-order valence-electron chi connectivity index (χ1n) is 5.03. The highest BCUT2D eigenvalue weighted by molar-refractivity contribution is 7.99. The minimum absolute atomic E-state index is 0.739. The fraction of sp³-hybridized carbons (Fsp3) is 0.455. The molecule has 1 N–H and O–H groups in total. The number of nitrogens with one attached hydrogen (secondary N) is 1. The molecule has 1 aromatic carbocycles. The van der Waals surface area contributed by atoms with Gasteiger partial charge in [-0.15, -0.1) is 11.8 Å². The highest BCUT2D eigenvalue weighted by Gasteiger charge is 2.04. The van der Waals surface area contributed by atoms with Crippen molar-refractivity contribution in [3.8, 4) is 0 Å². The maximum absolute atomic E-state index is 6.04. The molecule has 0 spiro atoms. The lowest BCUT2D eigenvalue weighted by Crippen LogP contribution is -2.17. The van der Waals surface area contributed by atoms with Gasteiger partial charge in [-0.2, -0.15) is 0 Å². The summed E-state index contributed by atoms with van der Waals surface area (Å²) >= 11 is 13.8. The Morgan fingerprint density at radius 1 is 1.20 bits per heavy atom. The van der Waals surface area contributed by atoms with E-state index in [9.17, 15) is 0 Å². The zero-order chi connectivity index (χ0) is 11.1. The quantitative estimate of drug-likeness (QED) is 0.613. The van der Waals surface area contributed by atoms with Gasteiger partial charge >= 0.3 is 0 Å². The van der Waals surface area contributed by atoms with Crippen molar-refractivity contribution in [2.75, 3.05) is 18.8 Å². The molecule has 1 nitrogen and oxygen atoms in total. The highest BCUT2D eigenvalue weighted by atomic mass is 35.5. The highest BCUT2D eigenvalue weighted by Crippen LogP contribution is 2.33. The van der Waals surface area contributed by atoms with Crippen molar-refractivity contribution in [1.82, 2.24) is 5.32 Å². The topological polar surface area (TPSA) is 12.0 Å². The summed E-state index contributed by atoms with van der Waals surface area (Å²) in [6, 6.07) is 5.61. The maximum Gasteiger partial charge on any atom is 0.0556 e. The van der Waals surface area contributed by atoms with Gasteiger partial charge in [0.2, 0.25) is 0 Å². The van der Waals surface area contributed by atoms with Gasteiger partial charge in [0.15, 0.2) is 0 Å². The van der Waals surface area contributed by atoms with Crippen LogP contribution in [0.15, 0.2) is 23.1 Å². The Labute approximate surface area is 106 Å². The molecule has 0 amide bonds. The van der Waals surface area contributed by atoms with Crippen molar-refractivity contribution < 1.29 is 0 Å². The summed E-state index contributed by atoms with van der Waals surface area (Å²) in [6.07, 6.45) is 1.16. The van der Waals surface area contributed by atoms with Crippen LogP contribution in [0.3, 0.4) is 0 Å². The molecule has 0 heterocycles. The number of hydrogen-bond donors (Lipinski definition) is 1. The molecular formula is C11H15Cl2NS. The van der Waals surface area contributed by atoms with Crippen LogP contribution in [0.25, 0.3) is 0 Å². The lowest BCUT2D eigenvalue weighted by atomic mass is 10.4. The SMILES string of the molecule is CCCNCCSc1c(Cl)cccc1Cl. The standard InChI is InChI=1S/C11H15Cl2NS/c1-2-6-14-7-8-15-11-9(12)4-3-5-10(11)13/h3-5,14H,2,6-8H2,1H3. The molecule has 1 rings (SSSR count). The first-order chi connectivity index (χ1) is 7.25. The van der Waals surface area contributed by atoms with Gasteiger partial charge in [0, 0.05) is 17.2 Å². The Hall–Kier alpha value is 0.110. The van der Waals surface area contributed by atoms with Crippen LogP contribution in [0.5, 0.6) is 0 Å². The van der Waals surface area contributed by atoms with E-state index < -0.39 is 0 Å². The van der Waals surface area contributed by atoms with Crippen molar-refractivity contribution >= 4 is 35.0 Å². The predicted octanol–water partition coefficient (Wildman–Crippen LogP) is 4.09. The molecule has 4 heteroatoms. The molecule has 0 aliphatic rings. The molecule has 15 heavy (non-hydrogen) atoms. The van der Waals surface area contributed by atoms with Crippen LogP contribution in [-0.2, 0) is 0 Å². The second kappa shape index (κ2) is 7.39. The monoisotopic (exact) mass is 263 g/mol. The molecular weight excluding hydrogens is 249 g/mol. The summed E-state index contributed by atoms with van der Waals surface area (Å²) in [5.74, 6) is 0.990. The molecule has 0 aromatic heterocycles. The average molecular weight is 264 g/mol. The van der Waals surface area contributed by atoms with E-state index in [-0.39, 0.29) is 0 Å². The smallest absolute Gasteiger partial charge is 0.0556 e. The zero-order valence-electron chi connectivity index (χ0n) is 8.72. The van der Waals surface area contributed by atoms with Gasteiger partial charge in [0.25, 0.3) is 0 Å². The first kappa shape index (κ1) is 13.2. The summed E-state index contributed by atoms with van der Waals surface area (Å²) in [5.41, 5.74) is 0. The van der Waals surface area contributed by atoms with Crippen molar-refractivity contribution in [3.63, 3.8) is 0 Å². The normalized spacial score (nSPS) is 10.6. The maximum atomic E-state index is 6.04. The van der Waals surface area contributed by atoms with Gasteiger partial charge in [0.05, 0.1) is 10.0 Å². The minimum Gasteiger partial charge on any atom is -0.316 e. The number of hydrogen-bond acceptors (Lipinski definition) is 2. The van der Waals surface area contributed by atoms with Crippen LogP contribution in [0.2, 0.25) is 10.0 Å². The molecule has 1 aromatic rings. The van der Waals surface area contributed by atoms with E-state index in [0.717, 1.165) is 40.2 Å². The van der Waals surface area contributed by atoms with Gasteiger partial charge in [-0.05, 0) is 25.1 Å². The molecule has 0 bridgehead atoms. The van der Waals surface area contributed by atoms with E-state index >= 15 is 0 Å². The number of halogens is 2. The van der Waals surface area contributed by atoms with Gasteiger partial charge in [-0.25, -0.2) is 0 Å². The Morgan fingerprint density at radius 2 is 1.87 bits per heavy atom. The van der Waals surface area contributed by atoms with E-state index in [0.29, 0.717) is 0 Å². The number of benzene rings is 1. The second-order valence-corrected chi connectivity index (χ2v) is 5.07. The van der Waals surface area contributed by atoms with Crippen molar-refractivity contribution in [2.45, 2.75) is 18.2 Å². The summed E-state index contributed by atoms with van der Waals surface area (Å²) in [5, 5.41) is 4.81. The van der Waals surface area contributed by atoms with E-state index in [1.807, 2.05) is 18.2 Å². The Balaban J connectivity index is 2.37. The molecule has 0 radical (unpaired) electrons. The molecule has 0 atom stereocenters. The Kier molecular flexibility index (Phi) is 6.50. The Bertz CT molecular complexity index is 284. The average Bonchev–Trinajstić information content (AvgIpc) is 2.21. The lowest BCUT2D eigenvalue weighted by Gasteiger charge is -2.06. The van der Waals surface area contributed by atoms with Crippen LogP contribution in [0.1, 0.15) is 13.3 Å².